The molecular weight excluding hydrogens is 574 g/mol. The molecule has 3 rings (SSSR count). The number of rotatable bonds is 6. The molecule has 1 aliphatic rings. The topological polar surface area (TPSA) is 82.3 Å². The fraction of sp³-hybridized carbons (Fsp3) is 0.773. The number of aliphatic hydroxyl groups is 1. The molecule has 34 heavy (non-hydrogen) atoms. The minimum absolute atomic E-state index is 0.00776. The molecule has 2 aromatic heterocycles. The Hall–Kier alpha value is -0.0368. The first-order valence-electron chi connectivity index (χ1n) is 11.6. The van der Waals surface area contributed by atoms with Crippen LogP contribution in [0.2, 0.25) is 51.5 Å². The van der Waals surface area contributed by atoms with Crippen LogP contribution in [-0.2, 0) is 8.85 Å². The number of aliphatic hydroxyl groups excluding tert-OH is 1. The standard InChI is InChI=1S/C22H38Cl2N4O3SeSi2/c1-21(2,3)33(7,8)30-15-13(11-29)32-19(16(15)31-34(9,10)22(4,5)6)28-12-25-14-17(23)26-20(24)27-18(14)28/h12-13,15-16,19,29H,11H2,1-10H3/t13-,15-,16-,19-/m1/s1. The summed E-state index contributed by atoms with van der Waals surface area (Å²) in [6, 6.07) is 0. The van der Waals surface area contributed by atoms with Crippen molar-refractivity contribution < 1.29 is 14.0 Å². The van der Waals surface area contributed by atoms with Crippen molar-refractivity contribution in [2.45, 2.75) is 99.8 Å². The molecule has 1 fully saturated rings. The zero-order valence-corrected chi connectivity index (χ0v) is 27.0. The van der Waals surface area contributed by atoms with Gasteiger partial charge in [-0.05, 0) is 0 Å². The molecule has 0 amide bonds. The van der Waals surface area contributed by atoms with Gasteiger partial charge < -0.3 is 0 Å². The van der Waals surface area contributed by atoms with Gasteiger partial charge in [-0.1, -0.05) is 0 Å². The fourth-order valence-corrected chi connectivity index (χ4v) is 9.98. The van der Waals surface area contributed by atoms with E-state index in [0.717, 1.165) is 0 Å². The average Bonchev–Trinajstić information content (AvgIpc) is 3.21. The third-order valence-corrected chi connectivity index (χ3v) is 20.2. The van der Waals surface area contributed by atoms with Crippen molar-refractivity contribution in [1.82, 2.24) is 19.5 Å². The van der Waals surface area contributed by atoms with E-state index in [1.54, 1.807) is 6.33 Å². The molecule has 1 saturated heterocycles. The third kappa shape index (κ3) is 5.45. The molecule has 1 aliphatic heterocycles. The molecule has 0 radical (unpaired) electrons. The van der Waals surface area contributed by atoms with Crippen molar-refractivity contribution in [1.29, 1.82) is 0 Å². The first-order chi connectivity index (χ1) is 15.4. The van der Waals surface area contributed by atoms with Crippen LogP contribution < -0.4 is 0 Å². The number of nitrogens with zero attached hydrogens (tertiary/aromatic N) is 4. The maximum absolute atomic E-state index is 10.4. The Morgan fingerprint density at radius 3 is 2.00 bits per heavy atom. The van der Waals surface area contributed by atoms with Gasteiger partial charge >= 0.3 is 223 Å². The van der Waals surface area contributed by atoms with Gasteiger partial charge in [-0.15, -0.1) is 0 Å². The second-order valence-corrected chi connectivity index (χ2v) is 25.1. The van der Waals surface area contributed by atoms with Crippen LogP contribution in [0, 0.1) is 0 Å². The van der Waals surface area contributed by atoms with Crippen molar-refractivity contribution >= 4 is 66.0 Å². The van der Waals surface area contributed by atoms with Crippen molar-refractivity contribution in [3.8, 4) is 0 Å². The van der Waals surface area contributed by atoms with Crippen LogP contribution in [-0.4, -0.2) is 75.0 Å². The second-order valence-electron chi connectivity index (χ2n) is 12.0. The van der Waals surface area contributed by atoms with E-state index in [1.807, 2.05) is 4.57 Å². The molecule has 192 valence electrons. The molecule has 3 heterocycles. The van der Waals surface area contributed by atoms with Crippen LogP contribution in [0.4, 0.5) is 0 Å². The summed E-state index contributed by atoms with van der Waals surface area (Å²) < 4.78 is 16.1. The number of hydrogen-bond donors (Lipinski definition) is 1. The SMILES string of the molecule is CC(C)(C)[Si](C)(C)O[C@@H]1[C@H](O[Si](C)(C)C(C)(C)C)[C@@H](CO)[Se][C@H]1n1cnc2c(Cl)nc(Cl)nc21. The number of fused-ring (bicyclic) bond motifs is 1. The van der Waals surface area contributed by atoms with Gasteiger partial charge in [0.1, 0.15) is 0 Å². The average molecular weight is 613 g/mol. The van der Waals surface area contributed by atoms with Crippen LogP contribution in [0.5, 0.6) is 0 Å². The van der Waals surface area contributed by atoms with E-state index in [0.29, 0.717) is 11.2 Å². The minimum atomic E-state index is -2.17. The Morgan fingerprint density at radius 2 is 1.50 bits per heavy atom. The Balaban J connectivity index is 2.13. The predicted octanol–water partition coefficient (Wildman–Crippen LogP) is 5.91. The van der Waals surface area contributed by atoms with Gasteiger partial charge in [0.05, 0.1) is 0 Å². The Bertz CT molecular complexity index is 1040. The van der Waals surface area contributed by atoms with Gasteiger partial charge in [-0.3, -0.25) is 0 Å². The summed E-state index contributed by atoms with van der Waals surface area (Å²) >= 11 is 12.4. The molecule has 12 heteroatoms. The molecule has 1 N–H and O–H groups in total. The summed E-state index contributed by atoms with van der Waals surface area (Å²) in [5.41, 5.74) is 1.10. The van der Waals surface area contributed by atoms with Crippen molar-refractivity contribution in [2.75, 3.05) is 6.61 Å². The number of hydrogen-bond acceptors (Lipinski definition) is 6. The Morgan fingerprint density at radius 1 is 0.971 bits per heavy atom. The van der Waals surface area contributed by atoms with Crippen LogP contribution in [0.3, 0.4) is 0 Å². The van der Waals surface area contributed by atoms with E-state index in [-0.39, 0.29) is 64.0 Å². The predicted molar refractivity (Wildman–Crippen MR) is 145 cm³/mol. The summed E-state index contributed by atoms with van der Waals surface area (Å²) in [7, 11) is -4.31. The van der Waals surface area contributed by atoms with E-state index < -0.39 is 16.6 Å². The van der Waals surface area contributed by atoms with Crippen LogP contribution in [0.1, 0.15) is 46.5 Å². The van der Waals surface area contributed by atoms with E-state index in [9.17, 15) is 5.11 Å². The molecule has 0 aliphatic carbocycles. The summed E-state index contributed by atoms with van der Waals surface area (Å²) in [5, 5.41) is 10.8. The van der Waals surface area contributed by atoms with Gasteiger partial charge in [-0.2, -0.15) is 0 Å². The molecule has 0 bridgehead atoms. The number of aromatic nitrogens is 4. The first-order valence-corrected chi connectivity index (χ1v) is 20.1. The van der Waals surface area contributed by atoms with Gasteiger partial charge in [0.25, 0.3) is 0 Å². The monoisotopic (exact) mass is 612 g/mol. The summed E-state index contributed by atoms with van der Waals surface area (Å²) in [5.74, 6) is 0. The van der Waals surface area contributed by atoms with Crippen molar-refractivity contribution in [3.63, 3.8) is 0 Å². The molecule has 7 nitrogen and oxygen atoms in total. The van der Waals surface area contributed by atoms with E-state index in [2.05, 4.69) is 82.7 Å². The van der Waals surface area contributed by atoms with Gasteiger partial charge in [0.2, 0.25) is 0 Å². The zero-order chi connectivity index (χ0) is 25.9. The third-order valence-electron chi connectivity index (χ3n) is 7.56. The zero-order valence-electron chi connectivity index (χ0n) is 21.8. The van der Waals surface area contributed by atoms with E-state index in [4.69, 9.17) is 32.1 Å². The molecule has 4 atom stereocenters. The van der Waals surface area contributed by atoms with Crippen LogP contribution in [0.15, 0.2) is 6.33 Å². The van der Waals surface area contributed by atoms with Gasteiger partial charge in [0.15, 0.2) is 0 Å². The normalized spacial score (nSPS) is 24.9. The van der Waals surface area contributed by atoms with Crippen molar-refractivity contribution in [2.24, 2.45) is 0 Å². The summed E-state index contributed by atoms with van der Waals surface area (Å²) in [6.07, 6.45) is 1.30. The quantitative estimate of drug-likeness (QED) is 0.248. The molecule has 2 aromatic rings. The fourth-order valence-electron chi connectivity index (χ4n) is 3.42. The maximum atomic E-state index is 10.4. The van der Waals surface area contributed by atoms with Gasteiger partial charge in [0, 0.05) is 0 Å². The molecule has 0 aromatic carbocycles. The van der Waals surface area contributed by atoms with Gasteiger partial charge in [-0.25, -0.2) is 0 Å². The van der Waals surface area contributed by atoms with Crippen LogP contribution >= 0.6 is 23.2 Å². The summed E-state index contributed by atoms with van der Waals surface area (Å²) in [4.78, 5) is 12.9. The van der Waals surface area contributed by atoms with Crippen molar-refractivity contribution in [3.05, 3.63) is 16.8 Å². The molecule has 0 unspecified atom stereocenters. The second kappa shape index (κ2) is 9.69. The summed E-state index contributed by atoms with van der Waals surface area (Å²) in [6.45, 7) is 22.5. The Labute approximate surface area is 221 Å². The molecule has 0 spiro atoms. The Kier molecular flexibility index (Phi) is 8.13. The molecule has 0 saturated carbocycles. The van der Waals surface area contributed by atoms with Crippen LogP contribution in [0.25, 0.3) is 11.2 Å². The molecular formula is C22H38Cl2N4O3SeSi2. The first kappa shape index (κ1) is 28.5. The van der Waals surface area contributed by atoms with E-state index >= 15 is 0 Å². The number of halogens is 2. The number of imidazole rings is 1. The van der Waals surface area contributed by atoms with E-state index in [1.165, 1.54) is 0 Å².